The lowest BCUT2D eigenvalue weighted by Gasteiger charge is -2.35. The van der Waals surface area contributed by atoms with E-state index < -0.39 is 18.6 Å². The SMILES string of the molecule is Cl.Oc1c(Cl)cc([C@@H](CC(F)(F)F)N2CCNCC2)cc1Cl. The minimum absolute atomic E-state index is 0. The van der Waals surface area contributed by atoms with E-state index >= 15 is 0 Å². The van der Waals surface area contributed by atoms with E-state index in [-0.39, 0.29) is 28.2 Å². The van der Waals surface area contributed by atoms with Gasteiger partial charge in [0.25, 0.3) is 0 Å². The summed E-state index contributed by atoms with van der Waals surface area (Å²) in [7, 11) is 0. The van der Waals surface area contributed by atoms with Gasteiger partial charge in [0.15, 0.2) is 5.75 Å². The zero-order valence-electron chi connectivity index (χ0n) is 11.5. The highest BCUT2D eigenvalue weighted by atomic mass is 35.5. The number of benzene rings is 1. The number of aromatic hydroxyl groups is 1. The number of hydrogen-bond acceptors (Lipinski definition) is 3. The first-order valence-corrected chi connectivity index (χ1v) is 7.23. The number of phenolic OH excluding ortho intramolecular Hbond substituents is 1. The van der Waals surface area contributed by atoms with Crippen LogP contribution in [0.4, 0.5) is 13.2 Å². The molecule has 1 aromatic carbocycles. The maximum atomic E-state index is 12.9. The van der Waals surface area contributed by atoms with Crippen LogP contribution in [-0.2, 0) is 0 Å². The van der Waals surface area contributed by atoms with Gasteiger partial charge >= 0.3 is 6.18 Å². The van der Waals surface area contributed by atoms with Crippen molar-refractivity contribution < 1.29 is 18.3 Å². The molecule has 1 atom stereocenters. The van der Waals surface area contributed by atoms with Crippen LogP contribution in [0.5, 0.6) is 5.75 Å². The first-order chi connectivity index (χ1) is 9.78. The molecule has 0 amide bonds. The minimum atomic E-state index is -4.30. The van der Waals surface area contributed by atoms with E-state index in [0.29, 0.717) is 31.7 Å². The van der Waals surface area contributed by atoms with Crippen LogP contribution in [0.25, 0.3) is 0 Å². The Morgan fingerprint density at radius 2 is 1.68 bits per heavy atom. The third-order valence-electron chi connectivity index (χ3n) is 3.44. The number of rotatable bonds is 3. The van der Waals surface area contributed by atoms with E-state index in [0.717, 1.165) is 0 Å². The summed E-state index contributed by atoms with van der Waals surface area (Å²) >= 11 is 11.7. The second kappa shape index (κ2) is 7.93. The Labute approximate surface area is 142 Å². The molecule has 0 saturated carbocycles. The molecule has 0 unspecified atom stereocenters. The van der Waals surface area contributed by atoms with Gasteiger partial charge in [-0.25, -0.2) is 0 Å². The fourth-order valence-electron chi connectivity index (χ4n) is 2.45. The average Bonchev–Trinajstić information content (AvgIpc) is 2.41. The normalized spacial score (nSPS) is 17.9. The number of nitrogens with one attached hydrogen (secondary N) is 1. The van der Waals surface area contributed by atoms with Gasteiger partial charge in [0.2, 0.25) is 0 Å². The van der Waals surface area contributed by atoms with E-state index in [9.17, 15) is 18.3 Å². The first-order valence-electron chi connectivity index (χ1n) is 6.47. The van der Waals surface area contributed by atoms with Crippen LogP contribution < -0.4 is 5.32 Å². The number of hydrogen-bond donors (Lipinski definition) is 2. The fraction of sp³-hybridized carbons (Fsp3) is 0.538. The predicted octanol–water partition coefficient (Wildman–Crippen LogP) is 4.02. The lowest BCUT2D eigenvalue weighted by Crippen LogP contribution is -2.46. The summed E-state index contributed by atoms with van der Waals surface area (Å²) < 4.78 is 38.6. The van der Waals surface area contributed by atoms with Crippen molar-refractivity contribution in [1.82, 2.24) is 10.2 Å². The van der Waals surface area contributed by atoms with Gasteiger partial charge in [0.1, 0.15) is 0 Å². The summed E-state index contributed by atoms with van der Waals surface area (Å²) in [4.78, 5) is 1.75. The van der Waals surface area contributed by atoms with Gasteiger partial charge in [-0.3, -0.25) is 4.90 Å². The second-order valence-corrected chi connectivity index (χ2v) is 5.77. The van der Waals surface area contributed by atoms with Gasteiger partial charge < -0.3 is 10.4 Å². The molecule has 1 aliphatic heterocycles. The van der Waals surface area contributed by atoms with Gasteiger partial charge in [-0.15, -0.1) is 12.4 Å². The van der Waals surface area contributed by atoms with Crippen molar-refractivity contribution in [2.45, 2.75) is 18.6 Å². The summed E-state index contributed by atoms with van der Waals surface area (Å²) in [6, 6.07) is 1.84. The standard InChI is InChI=1S/C13H15Cl2F3N2O.ClH/c14-9-5-8(6-10(15)12(9)21)11(7-13(16,17)18)20-3-1-19-2-4-20;/h5-6,11,19,21H,1-4,7H2;1H/t11-;/m1./s1. The highest BCUT2D eigenvalue weighted by Crippen LogP contribution is 2.39. The van der Waals surface area contributed by atoms with E-state index in [1.807, 2.05) is 0 Å². The number of phenols is 1. The molecule has 0 radical (unpaired) electrons. The quantitative estimate of drug-likeness (QED) is 0.833. The van der Waals surface area contributed by atoms with Gasteiger partial charge in [-0.2, -0.15) is 13.2 Å². The average molecular weight is 380 g/mol. The molecule has 3 nitrogen and oxygen atoms in total. The van der Waals surface area contributed by atoms with Crippen LogP contribution in [0, 0.1) is 0 Å². The van der Waals surface area contributed by atoms with Crippen LogP contribution in [-0.4, -0.2) is 42.4 Å². The first kappa shape index (κ1) is 19.6. The summed E-state index contributed by atoms with van der Waals surface area (Å²) in [6.45, 7) is 2.29. The Balaban J connectivity index is 0.00000242. The maximum Gasteiger partial charge on any atom is 0.390 e. The van der Waals surface area contributed by atoms with Gasteiger partial charge in [0, 0.05) is 32.2 Å². The molecule has 0 aliphatic carbocycles. The van der Waals surface area contributed by atoms with Crippen LogP contribution in [0.2, 0.25) is 10.0 Å². The van der Waals surface area contributed by atoms with Crippen LogP contribution >= 0.6 is 35.6 Å². The Morgan fingerprint density at radius 3 is 2.14 bits per heavy atom. The lowest BCUT2D eigenvalue weighted by molar-refractivity contribution is -0.148. The fourth-order valence-corrected chi connectivity index (χ4v) is 2.95. The topological polar surface area (TPSA) is 35.5 Å². The minimum Gasteiger partial charge on any atom is -0.505 e. The molecular formula is C13H16Cl3F3N2O. The molecule has 2 rings (SSSR count). The van der Waals surface area contributed by atoms with Crippen molar-refractivity contribution >= 4 is 35.6 Å². The predicted molar refractivity (Wildman–Crippen MR) is 83.2 cm³/mol. The molecule has 0 spiro atoms. The van der Waals surface area contributed by atoms with Gasteiger partial charge in [-0.05, 0) is 17.7 Å². The molecule has 1 aromatic rings. The molecule has 1 aliphatic rings. The molecule has 126 valence electrons. The third kappa shape index (κ3) is 5.06. The van der Waals surface area contributed by atoms with Crippen molar-refractivity contribution in [3.63, 3.8) is 0 Å². The second-order valence-electron chi connectivity index (χ2n) is 4.95. The Kier molecular flexibility index (Phi) is 7.08. The zero-order chi connectivity index (χ0) is 15.6. The van der Waals surface area contributed by atoms with Crippen molar-refractivity contribution in [1.29, 1.82) is 0 Å². The van der Waals surface area contributed by atoms with Crippen LogP contribution in [0.15, 0.2) is 12.1 Å². The summed E-state index contributed by atoms with van der Waals surface area (Å²) in [5.41, 5.74) is 0.363. The van der Waals surface area contributed by atoms with Crippen molar-refractivity contribution in [3.8, 4) is 5.75 Å². The van der Waals surface area contributed by atoms with Crippen molar-refractivity contribution in [2.75, 3.05) is 26.2 Å². The van der Waals surface area contributed by atoms with E-state index in [1.165, 1.54) is 12.1 Å². The highest BCUT2D eigenvalue weighted by Gasteiger charge is 2.36. The summed E-state index contributed by atoms with van der Waals surface area (Å²) in [6.07, 6.45) is -5.28. The molecular weight excluding hydrogens is 364 g/mol. The summed E-state index contributed by atoms with van der Waals surface area (Å²) in [5.74, 6) is -0.312. The Morgan fingerprint density at radius 1 is 1.18 bits per heavy atom. The summed E-state index contributed by atoms with van der Waals surface area (Å²) in [5, 5.41) is 12.6. The van der Waals surface area contributed by atoms with E-state index in [1.54, 1.807) is 4.90 Å². The molecule has 9 heteroatoms. The molecule has 0 bridgehead atoms. The van der Waals surface area contributed by atoms with Gasteiger partial charge in [0.05, 0.1) is 16.5 Å². The van der Waals surface area contributed by atoms with Gasteiger partial charge in [-0.1, -0.05) is 23.2 Å². The molecule has 2 N–H and O–H groups in total. The molecule has 1 heterocycles. The monoisotopic (exact) mass is 378 g/mol. The largest absolute Gasteiger partial charge is 0.505 e. The third-order valence-corrected chi connectivity index (χ3v) is 4.02. The molecule has 1 fully saturated rings. The van der Waals surface area contributed by atoms with E-state index in [2.05, 4.69) is 5.32 Å². The Bertz CT molecular complexity index is 485. The zero-order valence-corrected chi connectivity index (χ0v) is 13.8. The smallest absolute Gasteiger partial charge is 0.390 e. The number of halogens is 6. The van der Waals surface area contributed by atoms with Crippen LogP contribution in [0.3, 0.4) is 0 Å². The Hall–Kier alpha value is -0.400. The molecule has 0 aromatic heterocycles. The molecule has 22 heavy (non-hydrogen) atoms. The van der Waals surface area contributed by atoms with Crippen molar-refractivity contribution in [2.24, 2.45) is 0 Å². The number of piperazine rings is 1. The van der Waals surface area contributed by atoms with Crippen LogP contribution in [0.1, 0.15) is 18.0 Å². The number of alkyl halides is 3. The van der Waals surface area contributed by atoms with E-state index in [4.69, 9.17) is 23.2 Å². The maximum absolute atomic E-state index is 12.9. The lowest BCUT2D eigenvalue weighted by atomic mass is 10.0. The highest BCUT2D eigenvalue weighted by molar-refractivity contribution is 6.37. The number of nitrogens with zero attached hydrogens (tertiary/aromatic N) is 1. The molecule has 1 saturated heterocycles. The van der Waals surface area contributed by atoms with Crippen molar-refractivity contribution in [3.05, 3.63) is 27.7 Å².